The molecule has 0 amide bonds. The molecule has 1 unspecified atom stereocenters. The lowest BCUT2D eigenvalue weighted by molar-refractivity contribution is 0.287. The van der Waals surface area contributed by atoms with Crippen molar-refractivity contribution in [1.29, 1.82) is 0 Å². The van der Waals surface area contributed by atoms with Gasteiger partial charge in [0.05, 0.1) is 11.9 Å². The molecule has 0 saturated carbocycles. The van der Waals surface area contributed by atoms with Crippen molar-refractivity contribution in [1.82, 2.24) is 20.3 Å². The third-order valence-electron chi connectivity index (χ3n) is 3.30. The Morgan fingerprint density at radius 2 is 1.96 bits per heavy atom. The molecule has 1 atom stereocenters. The van der Waals surface area contributed by atoms with Crippen molar-refractivity contribution in [3.05, 3.63) is 28.7 Å². The zero-order valence-electron chi connectivity index (χ0n) is 15.3. The zero-order valence-corrected chi connectivity index (χ0v) is 18.4. The first kappa shape index (κ1) is 24.0. The van der Waals surface area contributed by atoms with E-state index >= 15 is 0 Å². The van der Waals surface area contributed by atoms with Gasteiger partial charge in [-0.3, -0.25) is 5.32 Å². The molecule has 0 aliphatic heterocycles. The third kappa shape index (κ3) is 6.81. The molecule has 0 radical (unpaired) electrons. The molecule has 2 aromatic rings. The number of hydrogen-bond donors (Lipinski definition) is 2. The number of nitrogens with one attached hydrogen (secondary N) is 2. The molecular formula is C17H23BrClF2N5S. The van der Waals surface area contributed by atoms with Crippen LogP contribution in [0.2, 0.25) is 5.15 Å². The lowest BCUT2D eigenvalue weighted by Gasteiger charge is -2.15. The van der Waals surface area contributed by atoms with Crippen LogP contribution in [0.5, 0.6) is 0 Å². The Balaban J connectivity index is 0.00000176. The largest absolute Gasteiger partial charge is 0.365 e. The summed E-state index contributed by atoms with van der Waals surface area (Å²) in [7, 11) is 0. The van der Waals surface area contributed by atoms with E-state index in [4.69, 9.17) is 11.6 Å². The zero-order chi connectivity index (χ0) is 20.4. The number of unbranched alkanes of at least 4 members (excludes halogenated alkanes) is 1. The van der Waals surface area contributed by atoms with E-state index in [9.17, 15) is 8.78 Å². The first-order chi connectivity index (χ1) is 13.0. The van der Waals surface area contributed by atoms with E-state index in [0.29, 0.717) is 27.5 Å². The Kier molecular flexibility index (Phi) is 11.1. The first-order valence-corrected chi connectivity index (χ1v) is 10.6. The Bertz CT molecular complexity index is 753. The topological polar surface area (TPSA) is 62.7 Å². The smallest absolute Gasteiger partial charge is 0.190 e. The average molecular weight is 483 g/mol. The van der Waals surface area contributed by atoms with Gasteiger partial charge in [-0.25, -0.2) is 23.7 Å². The number of anilines is 1. The quantitative estimate of drug-likeness (QED) is 0.121. The number of pyridine rings is 1. The molecule has 0 aliphatic carbocycles. The molecule has 2 rings (SSSR count). The van der Waals surface area contributed by atoms with Crippen molar-refractivity contribution in [2.24, 2.45) is 0 Å². The van der Waals surface area contributed by atoms with Crippen LogP contribution >= 0.6 is 39.3 Å². The maximum absolute atomic E-state index is 14.4. The van der Waals surface area contributed by atoms with Gasteiger partial charge in [0, 0.05) is 0 Å². The molecule has 10 heteroatoms. The summed E-state index contributed by atoms with van der Waals surface area (Å²) < 4.78 is 28.6. The molecule has 0 bridgehead atoms. The van der Waals surface area contributed by atoms with Crippen LogP contribution in [0, 0.1) is 5.82 Å². The van der Waals surface area contributed by atoms with E-state index in [1.54, 1.807) is 0 Å². The monoisotopic (exact) mass is 481 g/mol. The van der Waals surface area contributed by atoms with Gasteiger partial charge in [-0.05, 0) is 34.6 Å². The minimum atomic E-state index is -1.25. The molecule has 0 aromatic carbocycles. The van der Waals surface area contributed by atoms with E-state index in [2.05, 4.69) is 54.7 Å². The van der Waals surface area contributed by atoms with Crippen LogP contribution in [0.25, 0.3) is 10.9 Å². The van der Waals surface area contributed by atoms with E-state index in [0.717, 1.165) is 18.6 Å². The minimum absolute atomic E-state index is 0.0112. The highest BCUT2D eigenvalue weighted by atomic mass is 79.9. The fourth-order valence-electron chi connectivity index (χ4n) is 2.10. The van der Waals surface area contributed by atoms with Crippen LogP contribution in [-0.2, 0) is 0 Å². The number of alkyl halides is 1. The minimum Gasteiger partial charge on any atom is -0.365 e. The molecule has 5 nitrogen and oxygen atoms in total. The summed E-state index contributed by atoms with van der Waals surface area (Å²) in [6, 6.07) is 0. The standard InChI is InChI=1S/C15H19BrClF2N5S.C2H4/c1-3-5-6-20-8(18)7-21-14-9-11(22-15(24-14)25-4-2)10(19)13(17)23-12(9)16;1-2/h8,20H,3-7H2,1-2H3,(H,21,22,24);1-2H2. The van der Waals surface area contributed by atoms with Crippen LogP contribution < -0.4 is 10.6 Å². The predicted octanol–water partition coefficient (Wildman–Crippen LogP) is 5.59. The van der Waals surface area contributed by atoms with E-state index in [1.807, 2.05) is 13.8 Å². The Labute approximate surface area is 175 Å². The Morgan fingerprint density at radius 1 is 1.26 bits per heavy atom. The number of thioether (sulfide) groups is 1. The molecule has 2 aromatic heterocycles. The summed E-state index contributed by atoms with van der Waals surface area (Å²) in [5.74, 6) is 0.314. The van der Waals surface area contributed by atoms with Crippen LogP contribution in [0.3, 0.4) is 0 Å². The van der Waals surface area contributed by atoms with Gasteiger partial charge >= 0.3 is 0 Å². The second-order valence-electron chi connectivity index (χ2n) is 5.17. The van der Waals surface area contributed by atoms with Gasteiger partial charge in [0.25, 0.3) is 0 Å². The van der Waals surface area contributed by atoms with Crippen molar-refractivity contribution in [3.63, 3.8) is 0 Å². The van der Waals surface area contributed by atoms with Gasteiger partial charge in [-0.1, -0.05) is 43.6 Å². The molecule has 2 N–H and O–H groups in total. The second kappa shape index (κ2) is 12.4. The maximum atomic E-state index is 14.4. The average Bonchev–Trinajstić information content (AvgIpc) is 2.66. The van der Waals surface area contributed by atoms with Crippen molar-refractivity contribution < 1.29 is 8.78 Å². The summed E-state index contributed by atoms with van der Waals surface area (Å²) in [6.07, 6.45) is 0.635. The van der Waals surface area contributed by atoms with Crippen molar-refractivity contribution in [2.45, 2.75) is 38.1 Å². The third-order valence-corrected chi connectivity index (χ3v) is 4.85. The van der Waals surface area contributed by atoms with Crippen LogP contribution in [0.1, 0.15) is 26.7 Å². The van der Waals surface area contributed by atoms with Gasteiger partial charge in [0.1, 0.15) is 15.9 Å². The maximum Gasteiger partial charge on any atom is 0.190 e. The van der Waals surface area contributed by atoms with Gasteiger partial charge in [-0.15, -0.1) is 13.2 Å². The molecular weight excluding hydrogens is 460 g/mol. The predicted molar refractivity (Wildman–Crippen MR) is 114 cm³/mol. The molecule has 0 aliphatic rings. The van der Waals surface area contributed by atoms with Crippen LogP contribution in [0.4, 0.5) is 14.6 Å². The first-order valence-electron chi connectivity index (χ1n) is 8.44. The molecule has 2 heterocycles. The number of nitrogens with zero attached hydrogens (tertiary/aromatic N) is 3. The lowest BCUT2D eigenvalue weighted by Crippen LogP contribution is -2.32. The number of rotatable bonds is 9. The highest BCUT2D eigenvalue weighted by molar-refractivity contribution is 9.10. The fraction of sp³-hybridized carbons (Fsp3) is 0.471. The normalized spacial score (nSPS) is 11.8. The van der Waals surface area contributed by atoms with Gasteiger partial charge in [0.2, 0.25) is 0 Å². The summed E-state index contributed by atoms with van der Waals surface area (Å²) in [5.41, 5.74) is 0.0506. The molecule has 150 valence electrons. The van der Waals surface area contributed by atoms with Crippen LogP contribution in [-0.4, -0.2) is 40.1 Å². The van der Waals surface area contributed by atoms with Gasteiger partial charge in [-0.2, -0.15) is 0 Å². The SMILES string of the molecule is C=C.CCCCNC(F)CNc1nc(SCC)nc2c(F)c(Cl)nc(Br)c12. The number of aromatic nitrogens is 3. The molecule has 0 saturated heterocycles. The number of hydrogen-bond acceptors (Lipinski definition) is 6. The number of halogens is 4. The lowest BCUT2D eigenvalue weighted by atomic mass is 10.3. The Hall–Kier alpha value is -1.03. The fourth-order valence-corrected chi connectivity index (χ4v) is 3.50. The van der Waals surface area contributed by atoms with Crippen molar-refractivity contribution in [3.8, 4) is 0 Å². The summed E-state index contributed by atoms with van der Waals surface area (Å²) in [6.45, 7) is 10.6. The van der Waals surface area contributed by atoms with Gasteiger partial charge < -0.3 is 5.32 Å². The summed E-state index contributed by atoms with van der Waals surface area (Å²) in [4.78, 5) is 12.5. The summed E-state index contributed by atoms with van der Waals surface area (Å²) in [5, 5.41) is 6.14. The molecule has 0 fully saturated rings. The molecule has 27 heavy (non-hydrogen) atoms. The highest BCUT2D eigenvalue weighted by Crippen LogP contribution is 2.33. The van der Waals surface area contributed by atoms with Gasteiger partial charge in [0.15, 0.2) is 22.4 Å². The van der Waals surface area contributed by atoms with E-state index in [-0.39, 0.29) is 17.2 Å². The highest BCUT2D eigenvalue weighted by Gasteiger charge is 2.19. The Morgan fingerprint density at radius 3 is 2.59 bits per heavy atom. The number of fused-ring (bicyclic) bond motifs is 1. The molecule has 0 spiro atoms. The second-order valence-corrected chi connectivity index (χ2v) is 7.52. The van der Waals surface area contributed by atoms with Crippen LogP contribution in [0.15, 0.2) is 22.9 Å². The van der Waals surface area contributed by atoms with E-state index < -0.39 is 12.1 Å². The summed E-state index contributed by atoms with van der Waals surface area (Å²) >= 11 is 10.4. The van der Waals surface area contributed by atoms with Crippen molar-refractivity contribution >= 4 is 56.0 Å². The van der Waals surface area contributed by atoms with Crippen molar-refractivity contribution in [2.75, 3.05) is 24.2 Å². The van der Waals surface area contributed by atoms with E-state index in [1.165, 1.54) is 11.8 Å².